The van der Waals surface area contributed by atoms with Crippen LogP contribution in [-0.2, 0) is 66.3 Å². The van der Waals surface area contributed by atoms with E-state index in [4.69, 9.17) is 24.4 Å². The molecule has 265 valence electrons. The number of rotatable bonds is 27. The maximum Gasteiger partial charge on any atom is 0.326 e. The quantitative estimate of drug-likeness (QED) is 0.0468. The second-order valence-electron chi connectivity index (χ2n) is 11.6. The van der Waals surface area contributed by atoms with E-state index in [1.54, 1.807) is 6.29 Å². The Morgan fingerprint density at radius 2 is 1.28 bits per heavy atom. The minimum atomic E-state index is -1.21. The van der Waals surface area contributed by atoms with E-state index in [0.717, 1.165) is 56.3 Å². The van der Waals surface area contributed by atoms with Crippen LogP contribution in [0.3, 0.4) is 0 Å². The van der Waals surface area contributed by atoms with Crippen molar-refractivity contribution in [3.05, 3.63) is 5.73 Å². The standard InChI is InChI=1S/C27H47N4O8.C4H7BNO.Y/c28-21-25(35)31(19-20-32)18-17-29-23(33)16-15-22(27(38)39)30-24(34)13-11-9-7-5-3-1-2-4-6-8-10-12-14-26(36)37;1-4(2,6)3(5)7;/h22H,1-19,21,28H2,(H,29,33)(H,30,34)(H,36,37)(H,38,39);6H,1-2H3;/q2*-1;. The van der Waals surface area contributed by atoms with Crippen LogP contribution >= 0.6 is 0 Å². The zero-order valence-corrected chi connectivity index (χ0v) is 31.0. The van der Waals surface area contributed by atoms with Crippen molar-refractivity contribution < 1.29 is 76.5 Å². The van der Waals surface area contributed by atoms with E-state index in [1.165, 1.54) is 33.1 Å². The summed E-state index contributed by atoms with van der Waals surface area (Å²) >= 11 is 0. The van der Waals surface area contributed by atoms with Gasteiger partial charge in [-0.1, -0.05) is 90.1 Å². The number of nitrogens with two attached hydrogens (primary N) is 1. The van der Waals surface area contributed by atoms with E-state index in [-0.39, 0.29) is 90.5 Å². The summed E-state index contributed by atoms with van der Waals surface area (Å²) in [6, 6.07) is -1.17. The van der Waals surface area contributed by atoms with Crippen LogP contribution in [0.1, 0.15) is 117 Å². The summed E-state index contributed by atoms with van der Waals surface area (Å²) < 4.78 is 0. The molecule has 16 heteroatoms. The number of hydrogen-bond donors (Lipinski definition) is 5. The molecule has 1 atom stereocenters. The Morgan fingerprint density at radius 1 is 0.830 bits per heavy atom. The SMILES string of the molecule is NCC(=O)N(C[C-]=O)CCNC(=O)CCC(NC(=O)CCCCCCCCCCCCCCC(=O)O)C(=O)O.[B]C(=O)C(C)(C)[NH-].[Y]. The number of hydrogen-bond acceptors (Lipinski definition) is 8. The van der Waals surface area contributed by atoms with E-state index >= 15 is 0 Å². The molecular formula is C31H54BN5O9Y-2. The van der Waals surface area contributed by atoms with Gasteiger partial charge in [-0.05, 0) is 19.3 Å². The normalized spacial score (nSPS) is 11.1. The number of nitrogens with zero attached hydrogens (tertiary/aromatic N) is 1. The van der Waals surface area contributed by atoms with Crippen LogP contribution in [0.4, 0.5) is 0 Å². The van der Waals surface area contributed by atoms with Crippen LogP contribution in [0.25, 0.3) is 5.73 Å². The number of amides is 3. The van der Waals surface area contributed by atoms with Crippen molar-refractivity contribution in [3.63, 3.8) is 0 Å². The van der Waals surface area contributed by atoms with Crippen molar-refractivity contribution in [3.8, 4) is 0 Å². The maximum atomic E-state index is 12.2. The molecule has 0 aromatic carbocycles. The summed E-state index contributed by atoms with van der Waals surface area (Å²) in [6.07, 6.45) is 14.2. The maximum absolute atomic E-state index is 12.2. The largest absolute Gasteiger partial charge is 0.667 e. The molecule has 0 saturated heterocycles. The fourth-order valence-corrected chi connectivity index (χ4v) is 4.05. The number of aliphatic carboxylic acids is 2. The van der Waals surface area contributed by atoms with Gasteiger partial charge in [0.05, 0.1) is 12.2 Å². The predicted octanol–water partition coefficient (Wildman–Crippen LogP) is 2.41. The first kappa shape index (κ1) is 49.2. The van der Waals surface area contributed by atoms with Crippen molar-refractivity contribution in [1.29, 1.82) is 0 Å². The van der Waals surface area contributed by atoms with E-state index < -0.39 is 41.0 Å². The van der Waals surface area contributed by atoms with Gasteiger partial charge in [-0.3, -0.25) is 19.2 Å². The molecule has 0 bridgehead atoms. The van der Waals surface area contributed by atoms with Gasteiger partial charge in [-0.25, -0.2) is 11.1 Å². The Balaban J connectivity index is -0.00000216. The molecule has 0 aliphatic rings. The molecule has 0 aliphatic carbocycles. The van der Waals surface area contributed by atoms with Gasteiger partial charge in [0.1, 0.15) is 6.04 Å². The van der Waals surface area contributed by atoms with Crippen LogP contribution in [0.5, 0.6) is 0 Å². The third kappa shape index (κ3) is 32.1. The number of carbonyl (C=O) groups excluding carboxylic acids is 5. The summed E-state index contributed by atoms with van der Waals surface area (Å²) in [7, 11) is 4.74. The van der Waals surface area contributed by atoms with Crippen molar-refractivity contribution in [2.45, 2.75) is 128 Å². The molecule has 0 rings (SSSR count). The third-order valence-corrected chi connectivity index (χ3v) is 6.94. The van der Waals surface area contributed by atoms with Gasteiger partial charge in [0.15, 0.2) is 7.85 Å². The zero-order chi connectivity index (χ0) is 35.4. The van der Waals surface area contributed by atoms with Crippen LogP contribution in [-0.4, -0.2) is 102 Å². The molecule has 3 amide bonds. The van der Waals surface area contributed by atoms with Crippen LogP contribution in [0.15, 0.2) is 0 Å². The minimum absolute atomic E-state index is 0. The van der Waals surface area contributed by atoms with Gasteiger partial charge in [0.25, 0.3) is 0 Å². The number of nitrogens with one attached hydrogen (secondary N) is 3. The fourth-order valence-electron chi connectivity index (χ4n) is 4.05. The Morgan fingerprint density at radius 3 is 1.66 bits per heavy atom. The minimum Gasteiger partial charge on any atom is -0.667 e. The van der Waals surface area contributed by atoms with Gasteiger partial charge in [-0.15, -0.1) is 0 Å². The van der Waals surface area contributed by atoms with Crippen molar-refractivity contribution in [2.24, 2.45) is 5.73 Å². The number of carboxylic acids is 2. The summed E-state index contributed by atoms with van der Waals surface area (Å²) in [5.74, 6) is -3.17. The van der Waals surface area contributed by atoms with Crippen molar-refractivity contribution in [2.75, 3.05) is 26.2 Å². The molecule has 47 heavy (non-hydrogen) atoms. The first-order chi connectivity index (χ1) is 21.6. The summed E-state index contributed by atoms with van der Waals surface area (Å²) in [5.41, 5.74) is 10.5. The first-order valence-electron chi connectivity index (χ1n) is 16.0. The van der Waals surface area contributed by atoms with E-state index in [9.17, 15) is 38.7 Å². The molecule has 0 fully saturated rings. The topological polar surface area (TPSA) is 237 Å². The number of unbranched alkanes of at least 4 members (excludes halogenated alkanes) is 11. The molecule has 3 radical (unpaired) electrons. The Labute approximate surface area is 305 Å². The van der Waals surface area contributed by atoms with Gasteiger partial charge in [-0.2, -0.15) is 0 Å². The Bertz CT molecular complexity index is 936. The monoisotopic (exact) mass is 740 g/mol. The first-order valence-corrected chi connectivity index (χ1v) is 16.0. The predicted molar refractivity (Wildman–Crippen MR) is 175 cm³/mol. The molecule has 1 unspecified atom stereocenters. The van der Waals surface area contributed by atoms with Gasteiger partial charge < -0.3 is 46.8 Å². The van der Waals surface area contributed by atoms with Crippen molar-refractivity contribution in [1.82, 2.24) is 15.5 Å². The van der Waals surface area contributed by atoms with Gasteiger partial charge in [0.2, 0.25) is 17.7 Å². The van der Waals surface area contributed by atoms with Gasteiger partial charge in [0, 0.05) is 65.1 Å². The summed E-state index contributed by atoms with van der Waals surface area (Å²) in [5, 5.41) is 23.0. The third-order valence-electron chi connectivity index (χ3n) is 6.94. The summed E-state index contributed by atoms with van der Waals surface area (Å²) in [6.45, 7) is 2.54. The molecular weight excluding hydrogens is 686 g/mol. The Hall–Kier alpha value is -2.22. The molecule has 0 heterocycles. The average Bonchev–Trinajstić information content (AvgIpc) is 2.98. The molecule has 0 spiro atoms. The molecule has 0 aromatic heterocycles. The second kappa shape index (κ2) is 31.1. The van der Waals surface area contributed by atoms with Crippen LogP contribution < -0.4 is 16.4 Å². The van der Waals surface area contributed by atoms with Crippen LogP contribution in [0.2, 0.25) is 0 Å². The van der Waals surface area contributed by atoms with E-state index in [1.807, 2.05) is 0 Å². The molecule has 0 aromatic rings. The number of carboxylic acid groups (broad SMARTS) is 2. The Kier molecular flexibility index (Phi) is 32.5. The summed E-state index contributed by atoms with van der Waals surface area (Å²) in [4.78, 5) is 79.4. The van der Waals surface area contributed by atoms with Crippen molar-refractivity contribution >= 4 is 49.5 Å². The molecule has 0 saturated carbocycles. The molecule has 14 nitrogen and oxygen atoms in total. The number of carbonyl (C=O) groups is 6. The zero-order valence-electron chi connectivity index (χ0n) is 28.2. The fraction of sp³-hybridized carbons (Fsp3) is 0.774. The second-order valence-corrected chi connectivity index (χ2v) is 11.6. The van der Waals surface area contributed by atoms with E-state index in [2.05, 4.69) is 10.6 Å². The van der Waals surface area contributed by atoms with E-state index in [0.29, 0.717) is 6.42 Å². The van der Waals surface area contributed by atoms with Crippen LogP contribution in [0, 0.1) is 0 Å². The van der Waals surface area contributed by atoms with Gasteiger partial charge >= 0.3 is 11.9 Å². The molecule has 0 aliphatic heterocycles. The molecule has 7 N–H and O–H groups in total. The smallest absolute Gasteiger partial charge is 0.326 e. The average molecular weight is 741 g/mol.